The van der Waals surface area contributed by atoms with Crippen molar-refractivity contribution in [2.45, 2.75) is 25.7 Å². The molecule has 0 atom stereocenters. The summed E-state index contributed by atoms with van der Waals surface area (Å²) in [4.78, 5) is 20.9. The van der Waals surface area contributed by atoms with E-state index in [0.29, 0.717) is 26.2 Å². The van der Waals surface area contributed by atoms with Crippen molar-refractivity contribution in [1.82, 2.24) is 5.32 Å². The van der Waals surface area contributed by atoms with Gasteiger partial charge in [0, 0.05) is 19.6 Å². The number of amides is 1. The Kier molecular flexibility index (Phi) is 9.30. The third-order valence-electron chi connectivity index (χ3n) is 1.91. The highest BCUT2D eigenvalue weighted by Crippen LogP contribution is 1.99. The van der Waals surface area contributed by atoms with Gasteiger partial charge < -0.3 is 15.2 Å². The molecule has 92 valence electrons. The number of carboxylic acids is 1. The van der Waals surface area contributed by atoms with Crippen LogP contribution in [0, 0.1) is 0 Å². The predicted octanol–water partition coefficient (Wildman–Crippen LogP) is 0.950. The number of aliphatic carboxylic acids is 1. The standard InChI is InChI=1S/C11H19NO4/c1-2-10(13)12-7-9-16-8-5-3-4-6-11(14)15/h2H,1,3-9H2,(H,12,13)(H,14,15). The van der Waals surface area contributed by atoms with Crippen LogP contribution in [0.25, 0.3) is 0 Å². The molecular formula is C11H19NO4. The van der Waals surface area contributed by atoms with E-state index in [9.17, 15) is 9.59 Å². The fourth-order valence-corrected chi connectivity index (χ4v) is 1.08. The van der Waals surface area contributed by atoms with Crippen LogP contribution in [-0.4, -0.2) is 36.7 Å². The van der Waals surface area contributed by atoms with E-state index in [1.807, 2.05) is 0 Å². The van der Waals surface area contributed by atoms with Crippen molar-refractivity contribution < 1.29 is 19.4 Å². The van der Waals surface area contributed by atoms with Gasteiger partial charge in [-0.3, -0.25) is 9.59 Å². The molecule has 0 aliphatic rings. The molecule has 0 saturated heterocycles. The Morgan fingerprint density at radius 2 is 2.00 bits per heavy atom. The van der Waals surface area contributed by atoms with E-state index in [0.717, 1.165) is 12.8 Å². The molecule has 0 aromatic heterocycles. The largest absolute Gasteiger partial charge is 0.481 e. The van der Waals surface area contributed by atoms with Gasteiger partial charge in [0.05, 0.1) is 6.61 Å². The van der Waals surface area contributed by atoms with Crippen molar-refractivity contribution in [1.29, 1.82) is 0 Å². The SMILES string of the molecule is C=CC(=O)NCCOCCCCCC(=O)O. The Morgan fingerprint density at radius 1 is 1.25 bits per heavy atom. The number of rotatable bonds is 10. The van der Waals surface area contributed by atoms with E-state index in [1.165, 1.54) is 6.08 Å². The molecule has 0 saturated carbocycles. The lowest BCUT2D eigenvalue weighted by Gasteiger charge is -2.04. The number of carboxylic acid groups (broad SMARTS) is 1. The molecule has 5 nitrogen and oxygen atoms in total. The van der Waals surface area contributed by atoms with E-state index in [4.69, 9.17) is 9.84 Å². The molecule has 0 spiro atoms. The average Bonchev–Trinajstić information content (AvgIpc) is 2.26. The number of ether oxygens (including phenoxy) is 1. The molecule has 0 heterocycles. The van der Waals surface area contributed by atoms with Crippen LogP contribution in [0.2, 0.25) is 0 Å². The molecule has 0 aliphatic heterocycles. The summed E-state index contributed by atoms with van der Waals surface area (Å²) in [6, 6.07) is 0. The number of carbonyl (C=O) groups is 2. The zero-order valence-electron chi connectivity index (χ0n) is 9.41. The Morgan fingerprint density at radius 3 is 2.62 bits per heavy atom. The number of carbonyl (C=O) groups excluding carboxylic acids is 1. The first-order valence-electron chi connectivity index (χ1n) is 5.36. The summed E-state index contributed by atoms with van der Waals surface area (Å²) < 4.78 is 5.24. The molecule has 2 N–H and O–H groups in total. The first-order valence-corrected chi connectivity index (χ1v) is 5.36. The molecule has 0 radical (unpaired) electrons. The van der Waals surface area contributed by atoms with Crippen molar-refractivity contribution in [3.05, 3.63) is 12.7 Å². The maximum atomic E-state index is 10.7. The third-order valence-corrected chi connectivity index (χ3v) is 1.91. The van der Waals surface area contributed by atoms with Gasteiger partial charge in [-0.15, -0.1) is 0 Å². The highest BCUT2D eigenvalue weighted by atomic mass is 16.5. The summed E-state index contributed by atoms with van der Waals surface area (Å²) in [6.45, 7) is 4.87. The average molecular weight is 229 g/mol. The molecule has 1 amide bonds. The molecule has 16 heavy (non-hydrogen) atoms. The van der Waals surface area contributed by atoms with Gasteiger partial charge in [-0.2, -0.15) is 0 Å². The van der Waals surface area contributed by atoms with E-state index >= 15 is 0 Å². The molecular weight excluding hydrogens is 210 g/mol. The second kappa shape index (κ2) is 10.2. The van der Waals surface area contributed by atoms with Crippen molar-refractivity contribution in [2.75, 3.05) is 19.8 Å². The lowest BCUT2D eigenvalue weighted by molar-refractivity contribution is -0.137. The van der Waals surface area contributed by atoms with Gasteiger partial charge in [-0.25, -0.2) is 0 Å². The van der Waals surface area contributed by atoms with Crippen molar-refractivity contribution in [3.63, 3.8) is 0 Å². The fraction of sp³-hybridized carbons (Fsp3) is 0.636. The van der Waals surface area contributed by atoms with Crippen LogP contribution in [0.15, 0.2) is 12.7 Å². The molecule has 5 heteroatoms. The summed E-state index contributed by atoms with van der Waals surface area (Å²) in [5.41, 5.74) is 0. The van der Waals surface area contributed by atoms with Crippen molar-refractivity contribution >= 4 is 11.9 Å². The highest BCUT2D eigenvalue weighted by Gasteiger charge is 1.96. The Hall–Kier alpha value is -1.36. The minimum atomic E-state index is -0.756. The molecule has 0 fully saturated rings. The quantitative estimate of drug-likeness (QED) is 0.432. The highest BCUT2D eigenvalue weighted by molar-refractivity contribution is 5.86. The number of hydrogen-bond acceptors (Lipinski definition) is 3. The maximum absolute atomic E-state index is 10.7. The van der Waals surface area contributed by atoms with Crippen molar-refractivity contribution in [2.24, 2.45) is 0 Å². The molecule has 0 aromatic carbocycles. The first-order chi connectivity index (χ1) is 7.66. The number of nitrogens with one attached hydrogen (secondary N) is 1. The minimum Gasteiger partial charge on any atom is -0.481 e. The first kappa shape index (κ1) is 14.6. The zero-order valence-corrected chi connectivity index (χ0v) is 9.41. The van der Waals surface area contributed by atoms with Crippen LogP contribution in [-0.2, 0) is 14.3 Å². The Bertz CT molecular complexity index is 228. The lowest BCUT2D eigenvalue weighted by atomic mass is 10.2. The van der Waals surface area contributed by atoms with E-state index in [-0.39, 0.29) is 12.3 Å². The predicted molar refractivity (Wildman–Crippen MR) is 60.1 cm³/mol. The second-order valence-corrected chi connectivity index (χ2v) is 3.31. The summed E-state index contributed by atoms with van der Waals surface area (Å²) in [7, 11) is 0. The van der Waals surface area contributed by atoms with Crippen molar-refractivity contribution in [3.8, 4) is 0 Å². The summed E-state index contributed by atoms with van der Waals surface area (Å²) in [5, 5.41) is 11.0. The van der Waals surface area contributed by atoms with Gasteiger partial charge in [-0.1, -0.05) is 13.0 Å². The topological polar surface area (TPSA) is 75.6 Å². The molecule has 0 unspecified atom stereocenters. The maximum Gasteiger partial charge on any atom is 0.303 e. The molecule has 0 aromatic rings. The van der Waals surface area contributed by atoms with Gasteiger partial charge in [0.15, 0.2) is 0 Å². The fourth-order valence-electron chi connectivity index (χ4n) is 1.08. The zero-order chi connectivity index (χ0) is 12.2. The normalized spacial score (nSPS) is 9.75. The van der Waals surface area contributed by atoms with E-state index < -0.39 is 5.97 Å². The van der Waals surface area contributed by atoms with Crippen LogP contribution in [0.3, 0.4) is 0 Å². The van der Waals surface area contributed by atoms with Crippen LogP contribution in [0.5, 0.6) is 0 Å². The smallest absolute Gasteiger partial charge is 0.303 e. The van der Waals surface area contributed by atoms with Crippen LogP contribution < -0.4 is 5.32 Å². The Labute approximate surface area is 95.5 Å². The van der Waals surface area contributed by atoms with Gasteiger partial charge in [0.2, 0.25) is 5.91 Å². The summed E-state index contributed by atoms with van der Waals surface area (Å²) >= 11 is 0. The number of hydrogen-bond donors (Lipinski definition) is 2. The Balaban J connectivity index is 3.07. The van der Waals surface area contributed by atoms with E-state index in [2.05, 4.69) is 11.9 Å². The van der Waals surface area contributed by atoms with E-state index in [1.54, 1.807) is 0 Å². The lowest BCUT2D eigenvalue weighted by Crippen LogP contribution is -2.25. The van der Waals surface area contributed by atoms with Crippen LogP contribution >= 0.6 is 0 Å². The summed E-state index contributed by atoms with van der Waals surface area (Å²) in [6.07, 6.45) is 3.82. The molecule has 0 rings (SSSR count). The summed E-state index contributed by atoms with van der Waals surface area (Å²) in [5.74, 6) is -0.960. The van der Waals surface area contributed by atoms with Gasteiger partial charge in [0.25, 0.3) is 0 Å². The third kappa shape index (κ3) is 10.7. The number of unbranched alkanes of at least 4 members (excludes halogenated alkanes) is 2. The molecule has 0 bridgehead atoms. The minimum absolute atomic E-state index is 0.204. The second-order valence-electron chi connectivity index (χ2n) is 3.31. The molecule has 0 aliphatic carbocycles. The van der Waals surface area contributed by atoms with Gasteiger partial charge in [-0.05, 0) is 18.9 Å². The van der Waals surface area contributed by atoms with Gasteiger partial charge in [0.1, 0.15) is 0 Å². The monoisotopic (exact) mass is 229 g/mol. The van der Waals surface area contributed by atoms with Crippen LogP contribution in [0.4, 0.5) is 0 Å². The van der Waals surface area contributed by atoms with Crippen LogP contribution in [0.1, 0.15) is 25.7 Å². The van der Waals surface area contributed by atoms with Gasteiger partial charge >= 0.3 is 5.97 Å².